The second kappa shape index (κ2) is 4.33. The Morgan fingerprint density at radius 1 is 1.53 bits per heavy atom. The minimum absolute atomic E-state index is 0.169. The third-order valence-electron chi connectivity index (χ3n) is 3.80. The van der Waals surface area contributed by atoms with E-state index in [9.17, 15) is 4.79 Å². The molecule has 2 aromatic rings. The normalized spacial score (nSPS) is 17.2. The van der Waals surface area contributed by atoms with E-state index in [0.717, 1.165) is 30.3 Å². The summed E-state index contributed by atoms with van der Waals surface area (Å²) in [6, 6.07) is 2.00. The number of H-pyrrole nitrogens is 1. The number of nitrogens with one attached hydrogen (secondary N) is 1. The Morgan fingerprint density at radius 3 is 2.95 bits per heavy atom. The zero-order chi connectivity index (χ0) is 13.5. The molecule has 0 bridgehead atoms. The fourth-order valence-electron chi connectivity index (χ4n) is 2.57. The molecule has 19 heavy (non-hydrogen) atoms. The van der Waals surface area contributed by atoms with Crippen molar-refractivity contribution in [2.75, 3.05) is 6.61 Å². The number of aryl methyl sites for hydroxylation is 1. The number of fused-ring (bicyclic) bond motifs is 1. The standard InChI is InChI=1S/C14H17N3O2/c1-3-19-13(18)14(5-4-6-14)12-16-10-7-9(2)8-15-11(10)17-12/h7-8H,3-6H2,1-2H3,(H,15,16,17). The maximum Gasteiger partial charge on any atom is 0.319 e. The largest absolute Gasteiger partial charge is 0.465 e. The van der Waals surface area contributed by atoms with Gasteiger partial charge in [0.2, 0.25) is 0 Å². The lowest BCUT2D eigenvalue weighted by Gasteiger charge is -2.37. The van der Waals surface area contributed by atoms with Crippen LogP contribution in [0.15, 0.2) is 12.3 Å². The fourth-order valence-corrected chi connectivity index (χ4v) is 2.57. The SMILES string of the molecule is CCOC(=O)C1(c2nc3ncc(C)cc3[nH]2)CCC1. The van der Waals surface area contributed by atoms with Gasteiger partial charge in [-0.15, -0.1) is 0 Å². The van der Waals surface area contributed by atoms with Crippen LogP contribution in [0.4, 0.5) is 0 Å². The highest BCUT2D eigenvalue weighted by atomic mass is 16.5. The summed E-state index contributed by atoms with van der Waals surface area (Å²) in [6.07, 6.45) is 4.41. The van der Waals surface area contributed by atoms with Crippen LogP contribution in [0.25, 0.3) is 11.2 Å². The maximum atomic E-state index is 12.2. The second-order valence-electron chi connectivity index (χ2n) is 5.13. The molecule has 0 radical (unpaired) electrons. The van der Waals surface area contributed by atoms with Gasteiger partial charge in [0.1, 0.15) is 11.2 Å². The molecular weight excluding hydrogens is 242 g/mol. The van der Waals surface area contributed by atoms with E-state index in [1.54, 1.807) is 6.20 Å². The summed E-state index contributed by atoms with van der Waals surface area (Å²) < 4.78 is 5.20. The van der Waals surface area contributed by atoms with Crippen molar-refractivity contribution in [2.24, 2.45) is 0 Å². The van der Waals surface area contributed by atoms with E-state index in [2.05, 4.69) is 15.0 Å². The third-order valence-corrected chi connectivity index (χ3v) is 3.80. The number of esters is 1. The van der Waals surface area contributed by atoms with Crippen LogP contribution < -0.4 is 0 Å². The molecule has 1 aliphatic rings. The van der Waals surface area contributed by atoms with E-state index in [1.165, 1.54) is 0 Å². The van der Waals surface area contributed by atoms with Gasteiger partial charge >= 0.3 is 5.97 Å². The molecule has 0 saturated heterocycles. The quantitative estimate of drug-likeness (QED) is 0.858. The Balaban J connectivity index is 2.04. The minimum atomic E-state index is -0.579. The summed E-state index contributed by atoms with van der Waals surface area (Å²) in [6.45, 7) is 4.21. The minimum Gasteiger partial charge on any atom is -0.465 e. The number of ether oxygens (including phenoxy) is 1. The Bertz CT molecular complexity index is 629. The van der Waals surface area contributed by atoms with Gasteiger partial charge in [-0.2, -0.15) is 0 Å². The zero-order valence-electron chi connectivity index (χ0n) is 11.2. The van der Waals surface area contributed by atoms with Crippen molar-refractivity contribution in [3.8, 4) is 0 Å². The van der Waals surface area contributed by atoms with Gasteiger partial charge in [0.15, 0.2) is 5.65 Å². The average molecular weight is 259 g/mol. The first-order valence-corrected chi connectivity index (χ1v) is 6.66. The van der Waals surface area contributed by atoms with Crippen molar-refractivity contribution in [3.05, 3.63) is 23.7 Å². The number of aromatic nitrogens is 3. The molecule has 1 aliphatic carbocycles. The lowest BCUT2D eigenvalue weighted by Crippen LogP contribution is -2.44. The maximum absolute atomic E-state index is 12.2. The van der Waals surface area contributed by atoms with Crippen molar-refractivity contribution in [2.45, 2.75) is 38.5 Å². The van der Waals surface area contributed by atoms with Crippen LogP contribution in [0.5, 0.6) is 0 Å². The molecule has 1 fully saturated rings. The van der Waals surface area contributed by atoms with Gasteiger partial charge in [-0.3, -0.25) is 4.79 Å². The van der Waals surface area contributed by atoms with Crippen molar-refractivity contribution in [1.29, 1.82) is 0 Å². The first-order chi connectivity index (χ1) is 9.15. The molecule has 0 spiro atoms. The van der Waals surface area contributed by atoms with E-state index in [4.69, 9.17) is 4.74 Å². The van der Waals surface area contributed by atoms with E-state index >= 15 is 0 Å². The third kappa shape index (κ3) is 1.80. The van der Waals surface area contributed by atoms with E-state index in [-0.39, 0.29) is 5.97 Å². The molecular formula is C14H17N3O2. The molecule has 0 aromatic carbocycles. The van der Waals surface area contributed by atoms with Crippen molar-refractivity contribution < 1.29 is 9.53 Å². The molecule has 0 amide bonds. The van der Waals surface area contributed by atoms with Gasteiger partial charge in [0, 0.05) is 6.20 Å². The number of carbonyl (C=O) groups is 1. The highest BCUT2D eigenvalue weighted by Crippen LogP contribution is 2.43. The fraction of sp³-hybridized carbons (Fsp3) is 0.500. The number of carbonyl (C=O) groups excluding carboxylic acids is 1. The molecule has 2 heterocycles. The number of aromatic amines is 1. The molecule has 5 heteroatoms. The Morgan fingerprint density at radius 2 is 2.32 bits per heavy atom. The summed E-state index contributed by atoms with van der Waals surface area (Å²) in [4.78, 5) is 24.2. The van der Waals surface area contributed by atoms with Crippen LogP contribution >= 0.6 is 0 Å². The lowest BCUT2D eigenvalue weighted by molar-refractivity contribution is -0.154. The first-order valence-electron chi connectivity index (χ1n) is 6.66. The Hall–Kier alpha value is -1.91. The van der Waals surface area contributed by atoms with E-state index in [1.807, 2.05) is 19.9 Å². The van der Waals surface area contributed by atoms with Crippen LogP contribution in [-0.2, 0) is 14.9 Å². The number of rotatable bonds is 3. The topological polar surface area (TPSA) is 67.9 Å². The number of pyridine rings is 1. The second-order valence-corrected chi connectivity index (χ2v) is 5.13. The lowest BCUT2D eigenvalue weighted by atomic mass is 9.68. The smallest absolute Gasteiger partial charge is 0.319 e. The summed E-state index contributed by atoms with van der Waals surface area (Å²) in [5.41, 5.74) is 2.04. The Kier molecular flexibility index (Phi) is 2.77. The molecule has 1 saturated carbocycles. The highest BCUT2D eigenvalue weighted by molar-refractivity contribution is 5.84. The van der Waals surface area contributed by atoms with Gasteiger partial charge in [0.05, 0.1) is 12.1 Å². The van der Waals surface area contributed by atoms with Crippen LogP contribution in [0.3, 0.4) is 0 Å². The summed E-state index contributed by atoms with van der Waals surface area (Å²) in [5, 5.41) is 0. The van der Waals surface area contributed by atoms with Crippen molar-refractivity contribution in [1.82, 2.24) is 15.0 Å². The predicted octanol–water partition coefficient (Wildman–Crippen LogP) is 2.25. The first kappa shape index (κ1) is 12.1. The van der Waals surface area contributed by atoms with Gasteiger partial charge < -0.3 is 9.72 Å². The average Bonchev–Trinajstić information content (AvgIpc) is 2.70. The Labute approximate surface area is 111 Å². The summed E-state index contributed by atoms with van der Waals surface area (Å²) >= 11 is 0. The highest BCUT2D eigenvalue weighted by Gasteiger charge is 2.49. The van der Waals surface area contributed by atoms with Gasteiger partial charge in [-0.25, -0.2) is 9.97 Å². The van der Waals surface area contributed by atoms with Crippen molar-refractivity contribution >= 4 is 17.1 Å². The molecule has 5 nitrogen and oxygen atoms in total. The number of hydrogen-bond acceptors (Lipinski definition) is 4. The molecule has 3 rings (SSSR count). The van der Waals surface area contributed by atoms with Gasteiger partial charge in [-0.05, 0) is 38.3 Å². The molecule has 0 unspecified atom stereocenters. The monoisotopic (exact) mass is 259 g/mol. The van der Waals surface area contributed by atoms with Crippen LogP contribution in [0.1, 0.15) is 37.6 Å². The number of imidazole rings is 1. The number of hydrogen-bond donors (Lipinski definition) is 1. The molecule has 1 N–H and O–H groups in total. The van der Waals surface area contributed by atoms with E-state index < -0.39 is 5.41 Å². The van der Waals surface area contributed by atoms with Crippen LogP contribution in [0, 0.1) is 6.92 Å². The summed E-state index contributed by atoms with van der Waals surface area (Å²) in [7, 11) is 0. The zero-order valence-corrected chi connectivity index (χ0v) is 11.2. The van der Waals surface area contributed by atoms with Crippen molar-refractivity contribution in [3.63, 3.8) is 0 Å². The van der Waals surface area contributed by atoms with Crippen LogP contribution in [-0.4, -0.2) is 27.5 Å². The predicted molar refractivity (Wildman–Crippen MR) is 70.8 cm³/mol. The van der Waals surface area contributed by atoms with Crippen LogP contribution in [0.2, 0.25) is 0 Å². The van der Waals surface area contributed by atoms with E-state index in [0.29, 0.717) is 18.1 Å². The van der Waals surface area contributed by atoms with Gasteiger partial charge in [-0.1, -0.05) is 6.42 Å². The number of nitrogens with zero attached hydrogens (tertiary/aromatic N) is 2. The molecule has 2 aromatic heterocycles. The van der Waals surface area contributed by atoms with Gasteiger partial charge in [0.25, 0.3) is 0 Å². The summed E-state index contributed by atoms with van der Waals surface area (Å²) in [5.74, 6) is 0.530. The molecule has 0 atom stereocenters. The molecule has 0 aliphatic heterocycles. The molecule has 100 valence electrons.